The number of rotatable bonds is 5. The fourth-order valence-corrected chi connectivity index (χ4v) is 2.75. The van der Waals surface area contributed by atoms with Crippen LogP contribution in [0.3, 0.4) is 0 Å². The molecule has 0 saturated carbocycles. The van der Waals surface area contributed by atoms with E-state index in [9.17, 15) is 9.90 Å². The second-order valence-electron chi connectivity index (χ2n) is 4.95. The molecule has 1 atom stereocenters. The standard InChI is InChI=1S/C18H18O2S/c1-13(18(2,20)14-9-5-4-6-10-14)17(19)15-11-7-8-12-16(15)21-3/h4-12,20H,1H2,2-3H3. The third-order valence-electron chi connectivity index (χ3n) is 3.55. The van der Waals surface area contributed by atoms with Crippen LogP contribution in [-0.4, -0.2) is 17.1 Å². The zero-order valence-electron chi connectivity index (χ0n) is 12.2. The normalized spacial score (nSPS) is 13.5. The topological polar surface area (TPSA) is 37.3 Å². The van der Waals surface area contributed by atoms with E-state index in [2.05, 4.69) is 6.58 Å². The van der Waals surface area contributed by atoms with Gasteiger partial charge in [-0.05, 0) is 30.9 Å². The minimum atomic E-state index is -1.39. The molecule has 1 unspecified atom stereocenters. The lowest BCUT2D eigenvalue weighted by molar-refractivity contribution is 0.0778. The Morgan fingerprint density at radius 3 is 2.29 bits per heavy atom. The van der Waals surface area contributed by atoms with Crippen LogP contribution in [0, 0.1) is 0 Å². The van der Waals surface area contributed by atoms with Crippen molar-refractivity contribution in [3.8, 4) is 0 Å². The van der Waals surface area contributed by atoms with E-state index in [1.165, 1.54) is 11.8 Å². The summed E-state index contributed by atoms with van der Waals surface area (Å²) in [6.45, 7) is 5.45. The molecule has 0 aliphatic rings. The summed E-state index contributed by atoms with van der Waals surface area (Å²) >= 11 is 1.50. The van der Waals surface area contributed by atoms with Gasteiger partial charge in [-0.2, -0.15) is 0 Å². The highest BCUT2D eigenvalue weighted by molar-refractivity contribution is 7.98. The van der Waals surface area contributed by atoms with Gasteiger partial charge in [0.15, 0.2) is 5.78 Å². The summed E-state index contributed by atoms with van der Waals surface area (Å²) < 4.78 is 0. The molecule has 0 saturated heterocycles. The molecule has 21 heavy (non-hydrogen) atoms. The molecule has 2 nitrogen and oxygen atoms in total. The summed E-state index contributed by atoms with van der Waals surface area (Å²) in [6, 6.07) is 16.5. The Morgan fingerprint density at radius 2 is 1.67 bits per heavy atom. The summed E-state index contributed by atoms with van der Waals surface area (Å²) in [7, 11) is 0. The van der Waals surface area contributed by atoms with E-state index in [4.69, 9.17) is 0 Å². The first-order valence-electron chi connectivity index (χ1n) is 6.63. The van der Waals surface area contributed by atoms with Crippen LogP contribution in [0.1, 0.15) is 22.8 Å². The fourth-order valence-electron chi connectivity index (χ4n) is 2.15. The fraction of sp³-hybridized carbons (Fsp3) is 0.167. The predicted octanol–water partition coefficient (Wildman–Crippen LogP) is 4.06. The maximum absolute atomic E-state index is 12.7. The molecule has 2 rings (SSSR count). The molecule has 0 bridgehead atoms. The van der Waals surface area contributed by atoms with Gasteiger partial charge in [-0.1, -0.05) is 49.0 Å². The van der Waals surface area contributed by atoms with Gasteiger partial charge in [-0.3, -0.25) is 4.79 Å². The molecule has 0 amide bonds. The average Bonchev–Trinajstić information content (AvgIpc) is 2.54. The molecule has 3 heteroatoms. The van der Waals surface area contributed by atoms with E-state index in [-0.39, 0.29) is 11.4 Å². The van der Waals surface area contributed by atoms with E-state index in [0.29, 0.717) is 11.1 Å². The Kier molecular flexibility index (Phi) is 4.66. The molecule has 0 radical (unpaired) electrons. The number of carbonyl (C=O) groups is 1. The van der Waals surface area contributed by atoms with Gasteiger partial charge in [0.1, 0.15) is 5.60 Å². The highest BCUT2D eigenvalue weighted by Crippen LogP contribution is 2.32. The summed E-state index contributed by atoms with van der Waals surface area (Å²) in [5, 5.41) is 10.7. The van der Waals surface area contributed by atoms with Gasteiger partial charge in [0, 0.05) is 16.0 Å². The van der Waals surface area contributed by atoms with E-state index < -0.39 is 5.60 Å². The number of hydrogen-bond acceptors (Lipinski definition) is 3. The molecule has 1 N–H and O–H groups in total. The van der Waals surface area contributed by atoms with Crippen LogP contribution in [-0.2, 0) is 5.60 Å². The van der Waals surface area contributed by atoms with Gasteiger partial charge in [0.25, 0.3) is 0 Å². The van der Waals surface area contributed by atoms with E-state index in [1.807, 2.05) is 42.7 Å². The molecule has 0 aliphatic heterocycles. The van der Waals surface area contributed by atoms with E-state index >= 15 is 0 Å². The average molecular weight is 298 g/mol. The zero-order valence-corrected chi connectivity index (χ0v) is 13.0. The number of thioether (sulfide) groups is 1. The number of ketones is 1. The molecule has 0 heterocycles. The van der Waals surface area contributed by atoms with Gasteiger partial charge < -0.3 is 5.11 Å². The number of benzene rings is 2. The monoisotopic (exact) mass is 298 g/mol. The van der Waals surface area contributed by atoms with E-state index in [1.54, 1.807) is 25.1 Å². The molecule has 2 aromatic carbocycles. The summed E-state index contributed by atoms with van der Waals surface area (Å²) in [4.78, 5) is 13.6. The third-order valence-corrected chi connectivity index (χ3v) is 4.35. The number of aliphatic hydroxyl groups is 1. The zero-order chi connectivity index (χ0) is 15.5. The summed E-state index contributed by atoms with van der Waals surface area (Å²) in [5.74, 6) is -0.228. The molecular formula is C18H18O2S. The molecule has 0 aromatic heterocycles. The lowest BCUT2D eigenvalue weighted by Crippen LogP contribution is -2.28. The van der Waals surface area contributed by atoms with Gasteiger partial charge in [0.2, 0.25) is 0 Å². The molecule has 0 spiro atoms. The van der Waals surface area contributed by atoms with Gasteiger partial charge >= 0.3 is 0 Å². The number of Topliss-reactive ketones (excluding diaryl/α,β-unsaturated/α-hetero) is 1. The van der Waals surface area contributed by atoms with Crippen LogP contribution in [0.15, 0.2) is 71.6 Å². The maximum Gasteiger partial charge on any atom is 0.192 e. The summed E-state index contributed by atoms with van der Waals surface area (Å²) in [6.07, 6.45) is 1.92. The van der Waals surface area contributed by atoms with Crippen molar-refractivity contribution >= 4 is 17.5 Å². The molecular weight excluding hydrogens is 280 g/mol. The van der Waals surface area contributed by atoms with Crippen LogP contribution < -0.4 is 0 Å². The molecule has 2 aromatic rings. The van der Waals surface area contributed by atoms with Crippen LogP contribution in [0.5, 0.6) is 0 Å². The van der Waals surface area contributed by atoms with Crippen molar-refractivity contribution < 1.29 is 9.90 Å². The van der Waals surface area contributed by atoms with Crippen molar-refractivity contribution in [2.45, 2.75) is 17.4 Å². The maximum atomic E-state index is 12.7. The summed E-state index contributed by atoms with van der Waals surface area (Å²) in [5.41, 5.74) is 0.0236. The smallest absolute Gasteiger partial charge is 0.192 e. The highest BCUT2D eigenvalue weighted by Gasteiger charge is 2.32. The van der Waals surface area contributed by atoms with Crippen LogP contribution in [0.25, 0.3) is 0 Å². The molecule has 0 aliphatic carbocycles. The quantitative estimate of drug-likeness (QED) is 0.514. The van der Waals surface area contributed by atoms with Crippen molar-refractivity contribution in [2.75, 3.05) is 6.26 Å². The Hall–Kier alpha value is -1.84. The highest BCUT2D eigenvalue weighted by atomic mass is 32.2. The second kappa shape index (κ2) is 6.29. The van der Waals surface area contributed by atoms with Gasteiger partial charge in [0.05, 0.1) is 0 Å². The van der Waals surface area contributed by atoms with Gasteiger partial charge in [-0.15, -0.1) is 11.8 Å². The van der Waals surface area contributed by atoms with Crippen molar-refractivity contribution in [3.05, 3.63) is 77.9 Å². The molecule has 0 fully saturated rings. The minimum absolute atomic E-state index is 0.176. The number of carbonyl (C=O) groups excluding carboxylic acids is 1. The minimum Gasteiger partial charge on any atom is -0.381 e. The number of hydrogen-bond donors (Lipinski definition) is 1. The Labute approximate surface area is 129 Å². The van der Waals surface area contributed by atoms with Crippen molar-refractivity contribution in [1.29, 1.82) is 0 Å². The first-order valence-corrected chi connectivity index (χ1v) is 7.86. The Bertz CT molecular complexity index is 660. The predicted molar refractivity (Wildman–Crippen MR) is 87.7 cm³/mol. The van der Waals surface area contributed by atoms with Crippen molar-refractivity contribution in [2.24, 2.45) is 0 Å². The van der Waals surface area contributed by atoms with Crippen molar-refractivity contribution in [3.63, 3.8) is 0 Å². The Balaban J connectivity index is 2.37. The van der Waals surface area contributed by atoms with Crippen molar-refractivity contribution in [1.82, 2.24) is 0 Å². The first-order chi connectivity index (χ1) is 9.98. The second-order valence-corrected chi connectivity index (χ2v) is 5.79. The lowest BCUT2D eigenvalue weighted by atomic mass is 9.84. The van der Waals surface area contributed by atoms with Crippen LogP contribution in [0.2, 0.25) is 0 Å². The van der Waals surface area contributed by atoms with Gasteiger partial charge in [-0.25, -0.2) is 0 Å². The SMILES string of the molecule is C=C(C(=O)c1ccccc1SC)C(C)(O)c1ccccc1. The third kappa shape index (κ3) is 3.09. The Morgan fingerprint density at radius 1 is 1.10 bits per heavy atom. The van der Waals surface area contributed by atoms with E-state index in [0.717, 1.165) is 4.90 Å². The van der Waals surface area contributed by atoms with Crippen LogP contribution in [0.4, 0.5) is 0 Å². The first kappa shape index (κ1) is 15.5. The molecule has 108 valence electrons. The van der Waals surface area contributed by atoms with Crippen LogP contribution >= 0.6 is 11.8 Å². The lowest BCUT2D eigenvalue weighted by Gasteiger charge is -2.26. The largest absolute Gasteiger partial charge is 0.381 e.